The number of carbonyl (C=O) groups is 1. The standard InChI is InChI=1S/C25H23N3O4/c1-18(23-13-6-7-14-26-23)28(2)25(29)24-16-22(32-27-24)17-30-20-11-8-12-21(15-20)31-19-9-4-3-5-10-19/h3-16,18H,17H2,1-2H3. The van der Waals surface area contributed by atoms with Crippen LogP contribution in [0.5, 0.6) is 17.2 Å². The summed E-state index contributed by atoms with van der Waals surface area (Å²) < 4.78 is 16.9. The van der Waals surface area contributed by atoms with Crippen molar-refractivity contribution in [3.8, 4) is 17.2 Å². The van der Waals surface area contributed by atoms with Crippen LogP contribution in [-0.2, 0) is 6.61 Å². The van der Waals surface area contributed by atoms with Gasteiger partial charge in [0.05, 0.1) is 11.7 Å². The molecule has 0 spiro atoms. The van der Waals surface area contributed by atoms with Crippen LogP contribution in [0.4, 0.5) is 0 Å². The lowest BCUT2D eigenvalue weighted by molar-refractivity contribution is 0.0729. The third-order valence-electron chi connectivity index (χ3n) is 4.96. The van der Waals surface area contributed by atoms with E-state index in [-0.39, 0.29) is 24.2 Å². The smallest absolute Gasteiger partial charge is 0.276 e. The van der Waals surface area contributed by atoms with Crippen LogP contribution >= 0.6 is 0 Å². The zero-order valence-electron chi connectivity index (χ0n) is 17.8. The molecule has 2 aromatic carbocycles. The number of hydrogen-bond acceptors (Lipinski definition) is 6. The van der Waals surface area contributed by atoms with E-state index in [1.807, 2.05) is 73.7 Å². The van der Waals surface area contributed by atoms with Crippen molar-refractivity contribution >= 4 is 5.91 Å². The number of hydrogen-bond donors (Lipinski definition) is 0. The highest BCUT2D eigenvalue weighted by atomic mass is 16.5. The second-order valence-corrected chi connectivity index (χ2v) is 7.20. The van der Waals surface area contributed by atoms with Crippen molar-refractivity contribution in [2.75, 3.05) is 7.05 Å². The maximum absolute atomic E-state index is 12.8. The molecular weight excluding hydrogens is 406 g/mol. The summed E-state index contributed by atoms with van der Waals surface area (Å²) in [6, 6.07) is 23.8. The number of benzene rings is 2. The minimum Gasteiger partial charge on any atom is -0.485 e. The van der Waals surface area contributed by atoms with Gasteiger partial charge in [-0.15, -0.1) is 0 Å². The topological polar surface area (TPSA) is 77.7 Å². The molecule has 1 atom stereocenters. The van der Waals surface area contributed by atoms with Gasteiger partial charge in [-0.25, -0.2) is 0 Å². The first-order chi connectivity index (χ1) is 15.6. The largest absolute Gasteiger partial charge is 0.485 e. The van der Waals surface area contributed by atoms with E-state index in [4.69, 9.17) is 14.0 Å². The molecule has 7 heteroatoms. The van der Waals surface area contributed by atoms with Gasteiger partial charge in [0.25, 0.3) is 5.91 Å². The summed E-state index contributed by atoms with van der Waals surface area (Å²) in [6.07, 6.45) is 1.70. The van der Waals surface area contributed by atoms with Crippen molar-refractivity contribution in [1.82, 2.24) is 15.0 Å². The van der Waals surface area contributed by atoms with Crippen LogP contribution in [0.15, 0.2) is 89.6 Å². The first-order valence-corrected chi connectivity index (χ1v) is 10.2. The predicted molar refractivity (Wildman–Crippen MR) is 119 cm³/mol. The Balaban J connectivity index is 1.36. The van der Waals surface area contributed by atoms with Gasteiger partial charge in [0.2, 0.25) is 0 Å². The second kappa shape index (κ2) is 9.78. The molecule has 0 N–H and O–H groups in total. The first-order valence-electron chi connectivity index (χ1n) is 10.2. The Morgan fingerprint density at radius 3 is 2.50 bits per heavy atom. The minimum absolute atomic E-state index is 0.134. The van der Waals surface area contributed by atoms with Gasteiger partial charge in [0.15, 0.2) is 11.5 Å². The van der Waals surface area contributed by atoms with Gasteiger partial charge in [-0.3, -0.25) is 9.78 Å². The van der Waals surface area contributed by atoms with Crippen molar-refractivity contribution < 1.29 is 18.8 Å². The number of para-hydroxylation sites is 1. The number of rotatable bonds is 8. The molecule has 1 unspecified atom stereocenters. The maximum atomic E-state index is 12.8. The van der Waals surface area contributed by atoms with Crippen molar-refractivity contribution in [2.24, 2.45) is 0 Å². The molecule has 162 valence electrons. The highest BCUT2D eigenvalue weighted by molar-refractivity contribution is 5.92. The molecule has 0 bridgehead atoms. The summed E-state index contributed by atoms with van der Waals surface area (Å²) >= 11 is 0. The Morgan fingerprint density at radius 1 is 0.969 bits per heavy atom. The average molecular weight is 429 g/mol. The number of ether oxygens (including phenoxy) is 2. The molecule has 0 aliphatic carbocycles. The van der Waals surface area contributed by atoms with Crippen LogP contribution in [0, 0.1) is 0 Å². The molecular formula is C25H23N3O4. The molecule has 7 nitrogen and oxygen atoms in total. The third kappa shape index (κ3) is 5.13. The summed E-state index contributed by atoms with van der Waals surface area (Å²) in [5, 5.41) is 3.91. The third-order valence-corrected chi connectivity index (χ3v) is 4.96. The summed E-state index contributed by atoms with van der Waals surface area (Å²) in [4.78, 5) is 18.7. The van der Waals surface area contributed by atoms with Gasteiger partial charge in [-0.2, -0.15) is 0 Å². The molecule has 0 radical (unpaired) electrons. The van der Waals surface area contributed by atoms with Gasteiger partial charge in [0, 0.05) is 25.4 Å². The zero-order chi connectivity index (χ0) is 22.3. The van der Waals surface area contributed by atoms with Crippen LogP contribution < -0.4 is 9.47 Å². The van der Waals surface area contributed by atoms with E-state index in [0.717, 1.165) is 11.4 Å². The van der Waals surface area contributed by atoms with Crippen LogP contribution in [0.1, 0.15) is 34.9 Å². The molecule has 0 aliphatic heterocycles. The van der Waals surface area contributed by atoms with Crippen molar-refractivity contribution in [1.29, 1.82) is 0 Å². The molecule has 0 saturated heterocycles. The van der Waals surface area contributed by atoms with E-state index in [0.29, 0.717) is 17.3 Å². The fourth-order valence-corrected chi connectivity index (χ4v) is 3.07. The van der Waals surface area contributed by atoms with E-state index in [1.165, 1.54) is 0 Å². The van der Waals surface area contributed by atoms with Crippen LogP contribution in [0.3, 0.4) is 0 Å². The summed E-state index contributed by atoms with van der Waals surface area (Å²) in [6.45, 7) is 2.05. The molecule has 4 aromatic rings. The molecule has 32 heavy (non-hydrogen) atoms. The van der Waals surface area contributed by atoms with E-state index in [9.17, 15) is 4.79 Å². The normalized spacial score (nSPS) is 11.6. The van der Waals surface area contributed by atoms with Gasteiger partial charge in [0.1, 0.15) is 23.9 Å². The Hall–Kier alpha value is -4.13. The second-order valence-electron chi connectivity index (χ2n) is 7.20. The number of carbonyl (C=O) groups excluding carboxylic acids is 1. The Bertz CT molecular complexity index is 1160. The Kier molecular flexibility index (Phi) is 6.46. The Morgan fingerprint density at radius 2 is 1.72 bits per heavy atom. The summed E-state index contributed by atoms with van der Waals surface area (Å²) in [5.74, 6) is 2.21. The number of amides is 1. The van der Waals surface area contributed by atoms with E-state index in [2.05, 4.69) is 10.1 Å². The lowest BCUT2D eigenvalue weighted by Crippen LogP contribution is -2.30. The molecule has 0 saturated carbocycles. The fraction of sp³-hybridized carbons (Fsp3) is 0.160. The lowest BCUT2D eigenvalue weighted by Gasteiger charge is -2.23. The van der Waals surface area contributed by atoms with Crippen LogP contribution in [0.2, 0.25) is 0 Å². The monoisotopic (exact) mass is 429 g/mol. The van der Waals surface area contributed by atoms with E-state index < -0.39 is 0 Å². The first kappa shape index (κ1) is 21.1. The Labute approximate surface area is 186 Å². The highest BCUT2D eigenvalue weighted by Crippen LogP contribution is 2.26. The number of aromatic nitrogens is 2. The molecule has 0 fully saturated rings. The maximum Gasteiger partial charge on any atom is 0.276 e. The van der Waals surface area contributed by atoms with Crippen molar-refractivity contribution in [2.45, 2.75) is 19.6 Å². The highest BCUT2D eigenvalue weighted by Gasteiger charge is 2.23. The molecule has 4 rings (SSSR count). The summed E-state index contributed by atoms with van der Waals surface area (Å²) in [7, 11) is 1.71. The average Bonchev–Trinajstić information content (AvgIpc) is 3.32. The van der Waals surface area contributed by atoms with Crippen LogP contribution in [-0.4, -0.2) is 28.0 Å². The SMILES string of the molecule is CC(c1ccccn1)N(C)C(=O)c1cc(COc2cccc(Oc3ccccc3)c2)on1. The van der Waals surface area contributed by atoms with Gasteiger partial charge >= 0.3 is 0 Å². The van der Waals surface area contributed by atoms with E-state index >= 15 is 0 Å². The molecule has 0 aliphatic rings. The van der Waals surface area contributed by atoms with Gasteiger partial charge in [-0.1, -0.05) is 35.5 Å². The number of pyridine rings is 1. The number of nitrogens with zero attached hydrogens (tertiary/aromatic N) is 3. The molecule has 1 amide bonds. The zero-order valence-corrected chi connectivity index (χ0v) is 17.8. The van der Waals surface area contributed by atoms with Gasteiger partial charge in [-0.05, 0) is 43.3 Å². The summed E-state index contributed by atoms with van der Waals surface area (Å²) in [5.41, 5.74) is 1.02. The van der Waals surface area contributed by atoms with E-state index in [1.54, 1.807) is 30.3 Å². The van der Waals surface area contributed by atoms with Crippen LogP contribution in [0.25, 0.3) is 0 Å². The molecule has 2 aromatic heterocycles. The molecule has 2 heterocycles. The minimum atomic E-state index is -0.253. The van der Waals surface area contributed by atoms with Gasteiger partial charge < -0.3 is 18.9 Å². The van der Waals surface area contributed by atoms with Crippen molar-refractivity contribution in [3.05, 3.63) is 102 Å². The van der Waals surface area contributed by atoms with Crippen molar-refractivity contribution in [3.63, 3.8) is 0 Å². The fourth-order valence-electron chi connectivity index (χ4n) is 3.07. The predicted octanol–water partition coefficient (Wildman–Crippen LogP) is 5.27. The quantitative estimate of drug-likeness (QED) is 0.380. The lowest BCUT2D eigenvalue weighted by atomic mass is 10.2.